The lowest BCUT2D eigenvalue weighted by Gasteiger charge is -2.08. The number of carbonyl (C=O) groups excluding carboxylic acids is 1. The van der Waals surface area contributed by atoms with E-state index in [1.54, 1.807) is 12.1 Å². The van der Waals surface area contributed by atoms with Gasteiger partial charge in [-0.2, -0.15) is 0 Å². The quantitative estimate of drug-likeness (QED) is 0.803. The third-order valence-electron chi connectivity index (χ3n) is 2.84. The van der Waals surface area contributed by atoms with Crippen molar-refractivity contribution in [3.63, 3.8) is 0 Å². The van der Waals surface area contributed by atoms with Gasteiger partial charge < -0.3 is 10.8 Å². The zero-order chi connectivity index (χ0) is 11.7. The van der Waals surface area contributed by atoms with Crippen molar-refractivity contribution >= 4 is 11.9 Å². The van der Waals surface area contributed by atoms with E-state index in [9.17, 15) is 9.59 Å². The number of benzene rings is 1. The lowest BCUT2D eigenvalue weighted by atomic mass is 9.97. The minimum atomic E-state index is -1.08. The van der Waals surface area contributed by atoms with Gasteiger partial charge in [0.25, 0.3) is 0 Å². The van der Waals surface area contributed by atoms with Crippen molar-refractivity contribution in [2.75, 3.05) is 0 Å². The van der Waals surface area contributed by atoms with E-state index in [2.05, 4.69) is 0 Å². The largest absolute Gasteiger partial charge is 0.478 e. The highest BCUT2D eigenvalue weighted by Gasteiger charge is 2.26. The standard InChI is InChI=1S/C12H13NO3/c13-11(14)9-3-1-2-8(6-7-4-5-7)10(9)12(15)16/h1-3,7H,4-6H2,(H2,13,14)(H,15,16). The summed E-state index contributed by atoms with van der Waals surface area (Å²) in [6, 6.07) is 4.90. The molecule has 4 heteroatoms. The Hall–Kier alpha value is -1.84. The van der Waals surface area contributed by atoms with E-state index in [4.69, 9.17) is 10.8 Å². The Labute approximate surface area is 93.1 Å². The van der Waals surface area contributed by atoms with Crippen LogP contribution in [0, 0.1) is 5.92 Å². The Kier molecular flexibility index (Phi) is 2.64. The van der Waals surface area contributed by atoms with E-state index in [0.717, 1.165) is 19.3 Å². The summed E-state index contributed by atoms with van der Waals surface area (Å²) in [4.78, 5) is 22.3. The SMILES string of the molecule is NC(=O)c1cccc(CC2CC2)c1C(=O)O. The minimum Gasteiger partial charge on any atom is -0.478 e. The van der Waals surface area contributed by atoms with Crippen molar-refractivity contribution in [3.8, 4) is 0 Å². The van der Waals surface area contributed by atoms with Crippen LogP contribution in [0.4, 0.5) is 0 Å². The van der Waals surface area contributed by atoms with Gasteiger partial charge in [-0.3, -0.25) is 4.79 Å². The van der Waals surface area contributed by atoms with Crippen LogP contribution < -0.4 is 5.73 Å². The van der Waals surface area contributed by atoms with Gasteiger partial charge in [-0.15, -0.1) is 0 Å². The number of aromatic carboxylic acids is 1. The minimum absolute atomic E-state index is 0.0712. The van der Waals surface area contributed by atoms with Gasteiger partial charge >= 0.3 is 5.97 Å². The summed E-state index contributed by atoms with van der Waals surface area (Å²) in [5.41, 5.74) is 6.05. The van der Waals surface area contributed by atoms with Crippen molar-refractivity contribution in [2.24, 2.45) is 11.7 Å². The topological polar surface area (TPSA) is 80.4 Å². The highest BCUT2D eigenvalue weighted by atomic mass is 16.4. The third kappa shape index (κ3) is 2.05. The molecule has 0 radical (unpaired) electrons. The maximum absolute atomic E-state index is 11.1. The van der Waals surface area contributed by atoms with Gasteiger partial charge in [0.15, 0.2) is 0 Å². The molecule has 0 heterocycles. The van der Waals surface area contributed by atoms with Crippen molar-refractivity contribution in [3.05, 3.63) is 34.9 Å². The Bertz CT molecular complexity index is 450. The Morgan fingerprint density at radius 2 is 2.06 bits per heavy atom. The lowest BCUT2D eigenvalue weighted by Crippen LogP contribution is -2.18. The number of carboxylic acids is 1. The summed E-state index contributed by atoms with van der Waals surface area (Å²) < 4.78 is 0. The number of hydrogen-bond acceptors (Lipinski definition) is 2. The van der Waals surface area contributed by atoms with E-state index in [1.807, 2.05) is 0 Å². The third-order valence-corrected chi connectivity index (χ3v) is 2.84. The second-order valence-electron chi connectivity index (χ2n) is 4.16. The number of amides is 1. The second-order valence-corrected chi connectivity index (χ2v) is 4.16. The van der Waals surface area contributed by atoms with E-state index in [0.29, 0.717) is 11.5 Å². The van der Waals surface area contributed by atoms with Gasteiger partial charge in [0, 0.05) is 0 Å². The van der Waals surface area contributed by atoms with Gasteiger partial charge in [-0.1, -0.05) is 12.1 Å². The summed E-state index contributed by atoms with van der Waals surface area (Å²) in [6.45, 7) is 0. The van der Waals surface area contributed by atoms with Gasteiger partial charge in [0.2, 0.25) is 5.91 Å². The summed E-state index contributed by atoms with van der Waals surface area (Å²) in [6.07, 6.45) is 3.00. The van der Waals surface area contributed by atoms with Crippen molar-refractivity contribution in [1.29, 1.82) is 0 Å². The van der Waals surface area contributed by atoms with Crippen LogP contribution in [0.5, 0.6) is 0 Å². The van der Waals surface area contributed by atoms with Crippen LogP contribution in [-0.2, 0) is 6.42 Å². The van der Waals surface area contributed by atoms with E-state index >= 15 is 0 Å². The first-order valence-corrected chi connectivity index (χ1v) is 5.24. The van der Waals surface area contributed by atoms with Gasteiger partial charge in [-0.05, 0) is 36.8 Å². The molecule has 2 rings (SSSR count). The number of carboxylic acid groups (broad SMARTS) is 1. The summed E-state index contributed by atoms with van der Waals surface area (Å²) in [7, 11) is 0. The molecule has 1 amide bonds. The first-order chi connectivity index (χ1) is 7.59. The molecule has 0 atom stereocenters. The fraction of sp³-hybridized carbons (Fsp3) is 0.333. The van der Waals surface area contributed by atoms with Crippen LogP contribution in [0.1, 0.15) is 39.1 Å². The molecule has 0 aliphatic heterocycles. The summed E-state index contributed by atoms with van der Waals surface area (Å²) in [5, 5.41) is 9.12. The molecule has 0 spiro atoms. The molecule has 4 nitrogen and oxygen atoms in total. The zero-order valence-corrected chi connectivity index (χ0v) is 8.77. The average molecular weight is 219 g/mol. The van der Waals surface area contributed by atoms with Crippen LogP contribution in [0.2, 0.25) is 0 Å². The molecular weight excluding hydrogens is 206 g/mol. The van der Waals surface area contributed by atoms with Crippen LogP contribution >= 0.6 is 0 Å². The predicted molar refractivity (Wildman–Crippen MR) is 58.3 cm³/mol. The molecule has 0 aromatic heterocycles. The zero-order valence-electron chi connectivity index (χ0n) is 8.77. The monoisotopic (exact) mass is 219 g/mol. The number of hydrogen-bond donors (Lipinski definition) is 2. The van der Waals surface area contributed by atoms with Gasteiger partial charge in [-0.25, -0.2) is 4.79 Å². The van der Waals surface area contributed by atoms with Gasteiger partial charge in [0.1, 0.15) is 0 Å². The van der Waals surface area contributed by atoms with Crippen molar-refractivity contribution < 1.29 is 14.7 Å². The molecule has 1 aliphatic rings. The molecule has 1 saturated carbocycles. The van der Waals surface area contributed by atoms with E-state index in [-0.39, 0.29) is 11.1 Å². The highest BCUT2D eigenvalue weighted by molar-refractivity contribution is 6.05. The fourth-order valence-corrected chi connectivity index (χ4v) is 1.86. The van der Waals surface area contributed by atoms with E-state index < -0.39 is 11.9 Å². The number of primary amides is 1. The first kappa shape index (κ1) is 10.7. The molecule has 84 valence electrons. The fourth-order valence-electron chi connectivity index (χ4n) is 1.86. The van der Waals surface area contributed by atoms with E-state index in [1.165, 1.54) is 6.07 Å². The molecule has 1 aromatic carbocycles. The summed E-state index contributed by atoms with van der Waals surface area (Å²) in [5.74, 6) is -1.19. The van der Waals surface area contributed by atoms with Crippen LogP contribution in [0.3, 0.4) is 0 Å². The van der Waals surface area contributed by atoms with Crippen molar-refractivity contribution in [2.45, 2.75) is 19.3 Å². The predicted octanol–water partition coefficient (Wildman–Crippen LogP) is 1.44. The molecular formula is C12H13NO3. The Balaban J connectivity index is 2.45. The number of nitrogens with two attached hydrogens (primary N) is 1. The van der Waals surface area contributed by atoms with Crippen LogP contribution in [0.15, 0.2) is 18.2 Å². The maximum atomic E-state index is 11.1. The Morgan fingerprint density at radius 1 is 1.38 bits per heavy atom. The Morgan fingerprint density at radius 3 is 2.56 bits per heavy atom. The van der Waals surface area contributed by atoms with Crippen molar-refractivity contribution in [1.82, 2.24) is 0 Å². The van der Waals surface area contributed by atoms with Crippen LogP contribution in [0.25, 0.3) is 0 Å². The lowest BCUT2D eigenvalue weighted by molar-refractivity contribution is 0.0690. The normalized spacial score (nSPS) is 14.8. The maximum Gasteiger partial charge on any atom is 0.336 e. The molecule has 16 heavy (non-hydrogen) atoms. The molecule has 0 unspecified atom stereocenters. The number of carbonyl (C=O) groups is 2. The van der Waals surface area contributed by atoms with Crippen LogP contribution in [-0.4, -0.2) is 17.0 Å². The first-order valence-electron chi connectivity index (χ1n) is 5.24. The average Bonchev–Trinajstić information content (AvgIpc) is 3.00. The molecule has 0 bridgehead atoms. The molecule has 1 fully saturated rings. The highest BCUT2D eigenvalue weighted by Crippen LogP contribution is 2.33. The molecule has 0 saturated heterocycles. The smallest absolute Gasteiger partial charge is 0.336 e. The molecule has 1 aliphatic carbocycles. The number of rotatable bonds is 4. The molecule has 1 aromatic rings. The molecule has 3 N–H and O–H groups in total. The summed E-state index contributed by atoms with van der Waals surface area (Å²) >= 11 is 0. The second kappa shape index (κ2) is 3.96. The van der Waals surface area contributed by atoms with Gasteiger partial charge in [0.05, 0.1) is 11.1 Å².